The molecule has 37 heavy (non-hydrogen) atoms. The Kier molecular flexibility index (Phi) is 8.51. The molecular weight excluding hydrogens is 492 g/mol. The van der Waals surface area contributed by atoms with E-state index in [-0.39, 0.29) is 18.7 Å². The van der Waals surface area contributed by atoms with Gasteiger partial charge < -0.3 is 25.4 Å². The van der Waals surface area contributed by atoms with Gasteiger partial charge in [0.25, 0.3) is 5.91 Å². The van der Waals surface area contributed by atoms with Crippen molar-refractivity contribution in [3.63, 3.8) is 0 Å². The first-order valence-electron chi connectivity index (χ1n) is 12.6. The topological polar surface area (TPSA) is 114 Å². The van der Waals surface area contributed by atoms with Gasteiger partial charge in [0, 0.05) is 50.4 Å². The molecule has 1 atom stereocenters. The van der Waals surface area contributed by atoms with E-state index in [1.54, 1.807) is 20.8 Å². The van der Waals surface area contributed by atoms with Gasteiger partial charge in [0.1, 0.15) is 11.6 Å². The van der Waals surface area contributed by atoms with E-state index in [0.29, 0.717) is 18.0 Å². The molecule has 0 saturated carbocycles. The van der Waals surface area contributed by atoms with Crippen molar-refractivity contribution >= 4 is 34.8 Å². The Balaban J connectivity index is 1.34. The number of thiophene rings is 1. The van der Waals surface area contributed by atoms with Gasteiger partial charge in [-0.05, 0) is 55.8 Å². The van der Waals surface area contributed by atoms with Crippen molar-refractivity contribution in [1.82, 2.24) is 9.80 Å². The summed E-state index contributed by atoms with van der Waals surface area (Å²) in [5.41, 5.74) is 9.21. The molecule has 2 aliphatic heterocycles. The fourth-order valence-corrected chi connectivity index (χ4v) is 5.63. The van der Waals surface area contributed by atoms with E-state index in [0.717, 1.165) is 49.7 Å². The Morgan fingerprint density at radius 3 is 2.54 bits per heavy atom. The van der Waals surface area contributed by atoms with Gasteiger partial charge in [0.2, 0.25) is 5.91 Å². The van der Waals surface area contributed by atoms with E-state index < -0.39 is 23.5 Å². The summed E-state index contributed by atoms with van der Waals surface area (Å²) >= 11 is 1.38. The summed E-state index contributed by atoms with van der Waals surface area (Å²) < 4.78 is 10.7. The Morgan fingerprint density at radius 2 is 1.89 bits per heavy atom. The lowest BCUT2D eigenvalue weighted by Gasteiger charge is -2.26. The molecule has 2 aromatic rings. The number of ether oxygens (including phenoxy) is 2. The second-order valence-corrected chi connectivity index (χ2v) is 11.4. The molecule has 0 spiro atoms. The summed E-state index contributed by atoms with van der Waals surface area (Å²) in [7, 11) is 0. The van der Waals surface area contributed by atoms with Crippen LogP contribution in [0, 0.1) is 0 Å². The van der Waals surface area contributed by atoms with Crippen LogP contribution in [0.3, 0.4) is 0 Å². The van der Waals surface area contributed by atoms with Crippen molar-refractivity contribution in [3.8, 4) is 0 Å². The molecule has 9 nitrogen and oxygen atoms in total. The van der Waals surface area contributed by atoms with Gasteiger partial charge in [-0.3, -0.25) is 19.3 Å². The summed E-state index contributed by atoms with van der Waals surface area (Å²) in [5.74, 6) is -1.25. The predicted molar refractivity (Wildman–Crippen MR) is 142 cm³/mol. The minimum Gasteiger partial charge on any atom is -0.460 e. The summed E-state index contributed by atoms with van der Waals surface area (Å²) in [5, 5.41) is 5.43. The molecule has 4 rings (SSSR count). The second kappa shape index (κ2) is 11.6. The average Bonchev–Trinajstić information content (AvgIpc) is 3.38. The highest BCUT2D eigenvalue weighted by Crippen LogP contribution is 2.34. The monoisotopic (exact) mass is 528 g/mol. The van der Waals surface area contributed by atoms with Crippen LogP contribution in [0.4, 0.5) is 5.69 Å². The Labute approximate surface area is 221 Å². The van der Waals surface area contributed by atoms with Gasteiger partial charge in [-0.25, -0.2) is 0 Å². The molecule has 3 N–H and O–H groups in total. The van der Waals surface area contributed by atoms with Crippen LogP contribution in [0.25, 0.3) is 0 Å². The van der Waals surface area contributed by atoms with E-state index in [1.165, 1.54) is 21.8 Å². The summed E-state index contributed by atoms with van der Waals surface area (Å²) in [6.45, 7) is 10.6. The molecule has 2 aliphatic rings. The second-order valence-electron chi connectivity index (χ2n) is 10.5. The highest BCUT2D eigenvalue weighted by molar-refractivity contribution is 7.12. The lowest BCUT2D eigenvalue weighted by molar-refractivity contribution is -0.155. The van der Waals surface area contributed by atoms with Crippen LogP contribution in [0.5, 0.6) is 0 Å². The first kappa shape index (κ1) is 27.1. The van der Waals surface area contributed by atoms with Crippen LogP contribution in [0.2, 0.25) is 0 Å². The zero-order valence-electron chi connectivity index (χ0n) is 21.7. The van der Waals surface area contributed by atoms with Gasteiger partial charge in [0.05, 0.1) is 18.1 Å². The number of amides is 2. The standard InChI is InChI=1S/C27H36N4O5S/c1-27(2,3)36-23(32)9-8-22(25(28)33)31-16-21-19(17-37-24(21)26(31)34)14-29-20-6-4-18(5-7-20)15-30-10-12-35-13-11-30/h4-7,17,22,29H,8-16H2,1-3H3,(H2,28,33). The van der Waals surface area contributed by atoms with Gasteiger partial charge in [-0.2, -0.15) is 0 Å². The van der Waals surface area contributed by atoms with Crippen molar-refractivity contribution in [2.45, 2.75) is 64.9 Å². The number of hydrogen-bond acceptors (Lipinski definition) is 8. The molecule has 1 fully saturated rings. The number of primary amides is 1. The number of nitrogens with two attached hydrogens (primary N) is 1. The number of benzene rings is 1. The van der Waals surface area contributed by atoms with Crippen LogP contribution in [0.1, 0.15) is 60.0 Å². The number of hydrogen-bond donors (Lipinski definition) is 2. The SMILES string of the molecule is CC(C)(C)OC(=O)CCC(C(N)=O)N1Cc2c(CNc3ccc(CN4CCOCC4)cc3)csc2C1=O. The molecule has 3 heterocycles. The Bertz CT molecular complexity index is 1120. The zero-order valence-corrected chi connectivity index (χ0v) is 22.6. The lowest BCUT2D eigenvalue weighted by atomic mass is 10.1. The highest BCUT2D eigenvalue weighted by Gasteiger charge is 2.38. The molecular formula is C27H36N4O5S. The molecule has 1 saturated heterocycles. The Morgan fingerprint density at radius 1 is 1.19 bits per heavy atom. The summed E-state index contributed by atoms with van der Waals surface area (Å²) in [4.78, 5) is 41.9. The number of nitrogens with zero attached hydrogens (tertiary/aromatic N) is 2. The predicted octanol–water partition coefficient (Wildman–Crippen LogP) is 3.12. The van der Waals surface area contributed by atoms with E-state index in [4.69, 9.17) is 15.2 Å². The van der Waals surface area contributed by atoms with Gasteiger partial charge in [-0.1, -0.05) is 12.1 Å². The number of nitrogens with one attached hydrogen (secondary N) is 1. The van der Waals surface area contributed by atoms with E-state index in [9.17, 15) is 14.4 Å². The van der Waals surface area contributed by atoms with Crippen LogP contribution in [0.15, 0.2) is 29.6 Å². The van der Waals surface area contributed by atoms with Crippen LogP contribution >= 0.6 is 11.3 Å². The highest BCUT2D eigenvalue weighted by atomic mass is 32.1. The summed E-state index contributed by atoms with van der Waals surface area (Å²) in [6.07, 6.45) is 0.146. The fourth-order valence-electron chi connectivity index (χ4n) is 4.59. The molecule has 2 amide bonds. The maximum absolute atomic E-state index is 13.1. The van der Waals surface area contributed by atoms with E-state index in [1.807, 2.05) is 5.38 Å². The zero-order chi connectivity index (χ0) is 26.6. The molecule has 1 unspecified atom stereocenters. The van der Waals surface area contributed by atoms with Crippen LogP contribution in [-0.4, -0.2) is 65.5 Å². The third-order valence-electron chi connectivity index (χ3n) is 6.46. The molecule has 0 aliphatic carbocycles. The minimum absolute atomic E-state index is 0.0122. The maximum Gasteiger partial charge on any atom is 0.306 e. The first-order chi connectivity index (χ1) is 17.6. The normalized spacial score (nSPS) is 16.9. The van der Waals surface area contributed by atoms with Crippen molar-refractivity contribution in [2.24, 2.45) is 5.73 Å². The molecule has 0 bridgehead atoms. The van der Waals surface area contributed by atoms with E-state index >= 15 is 0 Å². The lowest BCUT2D eigenvalue weighted by Crippen LogP contribution is -2.45. The molecule has 0 radical (unpaired) electrons. The third-order valence-corrected chi connectivity index (χ3v) is 7.52. The summed E-state index contributed by atoms with van der Waals surface area (Å²) in [6, 6.07) is 7.53. The van der Waals surface area contributed by atoms with Crippen molar-refractivity contribution in [3.05, 3.63) is 51.2 Å². The molecule has 10 heteroatoms. The van der Waals surface area contributed by atoms with Gasteiger partial charge in [-0.15, -0.1) is 11.3 Å². The number of anilines is 1. The number of rotatable bonds is 10. The minimum atomic E-state index is -0.862. The first-order valence-corrected chi connectivity index (χ1v) is 13.5. The van der Waals surface area contributed by atoms with Crippen molar-refractivity contribution in [2.75, 3.05) is 31.6 Å². The molecule has 1 aromatic heterocycles. The third kappa shape index (κ3) is 7.09. The number of morpholine rings is 1. The van der Waals surface area contributed by atoms with Gasteiger partial charge >= 0.3 is 5.97 Å². The number of carbonyl (C=O) groups is 3. The number of fused-ring (bicyclic) bond motifs is 1. The Hall–Kier alpha value is -2.95. The largest absolute Gasteiger partial charge is 0.460 e. The number of esters is 1. The van der Waals surface area contributed by atoms with Crippen molar-refractivity contribution < 1.29 is 23.9 Å². The van der Waals surface area contributed by atoms with Gasteiger partial charge in [0.15, 0.2) is 0 Å². The maximum atomic E-state index is 13.1. The quantitative estimate of drug-likeness (QED) is 0.456. The van der Waals surface area contributed by atoms with Crippen LogP contribution in [-0.2, 0) is 38.7 Å². The smallest absolute Gasteiger partial charge is 0.306 e. The average molecular weight is 529 g/mol. The van der Waals surface area contributed by atoms with Crippen molar-refractivity contribution in [1.29, 1.82) is 0 Å². The fraction of sp³-hybridized carbons (Fsp3) is 0.519. The molecule has 1 aromatic carbocycles. The molecule has 200 valence electrons. The number of carbonyl (C=O) groups excluding carboxylic acids is 3. The van der Waals surface area contributed by atoms with Crippen LogP contribution < -0.4 is 11.1 Å². The van der Waals surface area contributed by atoms with E-state index in [2.05, 4.69) is 34.5 Å².